The maximum atomic E-state index is 11.0. The molecule has 0 aliphatic carbocycles. The molecule has 0 amide bonds. The van der Waals surface area contributed by atoms with Crippen LogP contribution in [-0.2, 0) is 0 Å². The molecule has 15 heavy (non-hydrogen) atoms. The van der Waals surface area contributed by atoms with Gasteiger partial charge in [-0.05, 0) is 29.9 Å². The smallest absolute Gasteiger partial charge is 0.323 e. The van der Waals surface area contributed by atoms with Gasteiger partial charge in [-0.15, -0.1) is 0 Å². The second-order valence-electron chi connectivity index (χ2n) is 3.41. The molecule has 4 nitrogen and oxygen atoms in total. The molecular formula is C10H12N2O2S. The number of H-pyrrole nitrogens is 2. The van der Waals surface area contributed by atoms with Crippen molar-refractivity contribution >= 4 is 23.7 Å². The van der Waals surface area contributed by atoms with Gasteiger partial charge in [0, 0.05) is 0 Å². The van der Waals surface area contributed by atoms with E-state index in [2.05, 4.69) is 22.6 Å². The molecule has 5 heteroatoms. The number of fused-ring (bicyclic) bond motifs is 1. The van der Waals surface area contributed by atoms with Crippen LogP contribution >= 0.6 is 12.6 Å². The Hall–Kier alpha value is -1.20. The summed E-state index contributed by atoms with van der Waals surface area (Å²) in [5.74, 6) is 0.628. The fourth-order valence-corrected chi connectivity index (χ4v) is 1.79. The van der Waals surface area contributed by atoms with E-state index in [9.17, 15) is 9.90 Å². The summed E-state index contributed by atoms with van der Waals surface area (Å²) in [4.78, 5) is 16.3. The van der Waals surface area contributed by atoms with E-state index in [0.717, 1.165) is 16.6 Å². The molecular weight excluding hydrogens is 212 g/mol. The number of rotatable bonds is 3. The largest absolute Gasteiger partial charge is 0.388 e. The third kappa shape index (κ3) is 2.08. The van der Waals surface area contributed by atoms with Crippen molar-refractivity contribution in [2.45, 2.75) is 12.5 Å². The monoisotopic (exact) mass is 224 g/mol. The maximum absolute atomic E-state index is 11.0. The van der Waals surface area contributed by atoms with Crippen LogP contribution in [0, 0.1) is 0 Å². The predicted octanol–water partition coefficient (Wildman–Crippen LogP) is 1.21. The Morgan fingerprint density at radius 1 is 1.33 bits per heavy atom. The lowest BCUT2D eigenvalue weighted by molar-refractivity contribution is 0.175. The lowest BCUT2D eigenvalue weighted by Gasteiger charge is -2.08. The van der Waals surface area contributed by atoms with Crippen LogP contribution in [0.1, 0.15) is 18.1 Å². The number of hydrogen-bond acceptors (Lipinski definition) is 3. The molecule has 2 rings (SSSR count). The number of nitrogens with one attached hydrogen (secondary N) is 2. The van der Waals surface area contributed by atoms with Crippen molar-refractivity contribution in [3.05, 3.63) is 34.2 Å². The van der Waals surface area contributed by atoms with Crippen molar-refractivity contribution in [1.82, 2.24) is 9.97 Å². The van der Waals surface area contributed by atoms with Crippen molar-refractivity contribution in [1.29, 1.82) is 0 Å². The van der Waals surface area contributed by atoms with Gasteiger partial charge in [-0.1, -0.05) is 6.07 Å². The van der Waals surface area contributed by atoms with E-state index in [-0.39, 0.29) is 5.69 Å². The van der Waals surface area contributed by atoms with E-state index in [1.54, 1.807) is 18.2 Å². The molecule has 0 saturated heterocycles. The summed E-state index contributed by atoms with van der Waals surface area (Å²) in [6.45, 7) is 0. The van der Waals surface area contributed by atoms with Crippen LogP contribution in [0.4, 0.5) is 0 Å². The first kappa shape index (κ1) is 10.3. The van der Waals surface area contributed by atoms with E-state index in [1.807, 2.05) is 0 Å². The summed E-state index contributed by atoms with van der Waals surface area (Å²) >= 11 is 4.06. The van der Waals surface area contributed by atoms with Crippen LogP contribution < -0.4 is 5.69 Å². The Morgan fingerprint density at radius 2 is 2.07 bits per heavy atom. The normalized spacial score (nSPS) is 13.2. The third-order valence-electron chi connectivity index (χ3n) is 2.33. The van der Waals surface area contributed by atoms with Gasteiger partial charge in [-0.3, -0.25) is 0 Å². The second-order valence-corrected chi connectivity index (χ2v) is 3.86. The van der Waals surface area contributed by atoms with E-state index in [0.29, 0.717) is 12.2 Å². The molecule has 1 atom stereocenters. The molecule has 1 unspecified atom stereocenters. The highest BCUT2D eigenvalue weighted by Crippen LogP contribution is 2.19. The standard InChI is InChI=1S/C10H12N2O2S/c13-9(3-4-15)6-1-2-7-8(5-6)12-10(14)11-7/h1-2,5,9,13,15H,3-4H2,(H2,11,12,14). The highest BCUT2D eigenvalue weighted by molar-refractivity contribution is 7.80. The molecule has 0 spiro atoms. The van der Waals surface area contributed by atoms with Crippen molar-refractivity contribution in [3.8, 4) is 0 Å². The molecule has 1 heterocycles. The third-order valence-corrected chi connectivity index (χ3v) is 2.59. The predicted molar refractivity (Wildman–Crippen MR) is 62.3 cm³/mol. The number of hydrogen-bond donors (Lipinski definition) is 4. The van der Waals surface area contributed by atoms with E-state index >= 15 is 0 Å². The molecule has 0 radical (unpaired) electrons. The van der Waals surface area contributed by atoms with Crippen LogP contribution in [0.25, 0.3) is 11.0 Å². The molecule has 3 N–H and O–H groups in total. The van der Waals surface area contributed by atoms with Gasteiger partial charge in [0.1, 0.15) is 0 Å². The average molecular weight is 224 g/mol. The number of benzene rings is 1. The Labute approximate surface area is 91.7 Å². The Bertz CT molecular complexity index is 517. The fraction of sp³-hybridized carbons (Fsp3) is 0.300. The lowest BCUT2D eigenvalue weighted by atomic mass is 10.1. The Morgan fingerprint density at radius 3 is 2.80 bits per heavy atom. The zero-order chi connectivity index (χ0) is 10.8. The van der Waals surface area contributed by atoms with Gasteiger partial charge in [-0.2, -0.15) is 12.6 Å². The Kier molecular flexibility index (Phi) is 2.83. The van der Waals surface area contributed by atoms with E-state index < -0.39 is 6.10 Å². The number of aliphatic hydroxyl groups excluding tert-OH is 1. The highest BCUT2D eigenvalue weighted by Gasteiger charge is 2.07. The molecule has 0 aliphatic heterocycles. The quantitative estimate of drug-likeness (QED) is 0.592. The number of aliphatic hydroxyl groups is 1. The van der Waals surface area contributed by atoms with Crippen LogP contribution in [0.5, 0.6) is 0 Å². The van der Waals surface area contributed by atoms with E-state index in [4.69, 9.17) is 0 Å². The van der Waals surface area contributed by atoms with Crippen LogP contribution in [0.3, 0.4) is 0 Å². The van der Waals surface area contributed by atoms with Gasteiger partial charge in [-0.25, -0.2) is 4.79 Å². The van der Waals surface area contributed by atoms with Gasteiger partial charge < -0.3 is 15.1 Å². The van der Waals surface area contributed by atoms with Gasteiger partial charge in [0.25, 0.3) is 0 Å². The van der Waals surface area contributed by atoms with Gasteiger partial charge >= 0.3 is 5.69 Å². The summed E-state index contributed by atoms with van der Waals surface area (Å²) in [5.41, 5.74) is 2.04. The minimum absolute atomic E-state index is 0.231. The molecule has 0 aliphatic rings. The van der Waals surface area contributed by atoms with Gasteiger partial charge in [0.05, 0.1) is 17.1 Å². The topological polar surface area (TPSA) is 68.9 Å². The Balaban J connectivity index is 2.41. The van der Waals surface area contributed by atoms with Gasteiger partial charge in [0.2, 0.25) is 0 Å². The zero-order valence-corrected chi connectivity index (χ0v) is 8.92. The summed E-state index contributed by atoms with van der Waals surface area (Å²) in [5, 5.41) is 9.74. The number of thiol groups is 1. The number of imidazole rings is 1. The first-order valence-electron chi connectivity index (χ1n) is 4.71. The molecule has 0 saturated carbocycles. The van der Waals surface area contributed by atoms with Crippen molar-refractivity contribution in [3.63, 3.8) is 0 Å². The maximum Gasteiger partial charge on any atom is 0.323 e. The summed E-state index contributed by atoms with van der Waals surface area (Å²) in [7, 11) is 0. The average Bonchev–Trinajstić information content (AvgIpc) is 2.57. The lowest BCUT2D eigenvalue weighted by Crippen LogP contribution is -1.99. The minimum Gasteiger partial charge on any atom is -0.388 e. The molecule has 2 aromatic rings. The SMILES string of the molecule is O=c1[nH]c2ccc(C(O)CCS)cc2[nH]1. The molecule has 80 valence electrons. The number of aromatic nitrogens is 2. The van der Waals surface area contributed by atoms with Gasteiger partial charge in [0.15, 0.2) is 0 Å². The highest BCUT2D eigenvalue weighted by atomic mass is 32.1. The molecule has 1 aromatic carbocycles. The summed E-state index contributed by atoms with van der Waals surface area (Å²) in [6.07, 6.45) is 0.0776. The summed E-state index contributed by atoms with van der Waals surface area (Å²) < 4.78 is 0. The minimum atomic E-state index is -0.523. The summed E-state index contributed by atoms with van der Waals surface area (Å²) in [6, 6.07) is 5.37. The zero-order valence-electron chi connectivity index (χ0n) is 8.03. The van der Waals surface area contributed by atoms with Crippen LogP contribution in [0.15, 0.2) is 23.0 Å². The first-order chi connectivity index (χ1) is 7.20. The van der Waals surface area contributed by atoms with Crippen molar-refractivity contribution in [2.24, 2.45) is 0 Å². The van der Waals surface area contributed by atoms with Crippen LogP contribution in [-0.4, -0.2) is 20.8 Å². The second kappa shape index (κ2) is 4.12. The fourth-order valence-electron chi connectivity index (χ4n) is 1.55. The van der Waals surface area contributed by atoms with Crippen molar-refractivity contribution < 1.29 is 5.11 Å². The van der Waals surface area contributed by atoms with Crippen LogP contribution in [0.2, 0.25) is 0 Å². The van der Waals surface area contributed by atoms with Crippen molar-refractivity contribution in [2.75, 3.05) is 5.75 Å². The molecule has 0 bridgehead atoms. The number of aromatic amines is 2. The molecule has 1 aromatic heterocycles. The van der Waals surface area contributed by atoms with E-state index in [1.165, 1.54) is 0 Å². The molecule has 0 fully saturated rings. The first-order valence-corrected chi connectivity index (χ1v) is 5.35.